The number of carbonyl (C=O) groups is 1. The molecule has 0 bridgehead atoms. The van der Waals surface area contributed by atoms with Gasteiger partial charge >= 0.3 is 0 Å². The van der Waals surface area contributed by atoms with E-state index in [1.807, 2.05) is 6.08 Å². The first-order valence-corrected chi connectivity index (χ1v) is 9.60. The first kappa shape index (κ1) is 17.5. The quantitative estimate of drug-likeness (QED) is 0.315. The summed E-state index contributed by atoms with van der Waals surface area (Å²) in [7, 11) is 0. The van der Waals surface area contributed by atoms with E-state index >= 15 is 0 Å². The molecule has 2 rings (SSSR count). The number of allylic oxidation sites excluding steroid dienone is 4. The van der Waals surface area contributed by atoms with E-state index in [4.69, 9.17) is 0 Å². The number of aldehydes is 1. The monoisotopic (exact) mass is 302 g/mol. The Hall–Kier alpha value is -0.850. The molecule has 1 nitrogen and oxygen atoms in total. The zero-order valence-corrected chi connectivity index (χ0v) is 14.4. The standard InChI is InChI=1S/C21H34O/c1-2-18-7-9-20(10-8-18)15-16-21-13-11-19(12-14-21)6-4-3-5-17-22/h3,5,15-21H,2,4,6-14H2,1H3/b5-3?,16-15+/t18-,19?,20-,21?. The predicted octanol–water partition coefficient (Wildman–Crippen LogP) is 6.10. The molecule has 0 atom stereocenters. The lowest BCUT2D eigenvalue weighted by molar-refractivity contribution is -0.104. The fourth-order valence-corrected chi connectivity index (χ4v) is 4.26. The molecule has 0 aliphatic heterocycles. The maximum absolute atomic E-state index is 10.2. The predicted molar refractivity (Wildman–Crippen MR) is 94.8 cm³/mol. The molecule has 0 aromatic carbocycles. The van der Waals surface area contributed by atoms with Gasteiger partial charge < -0.3 is 0 Å². The van der Waals surface area contributed by atoms with Crippen LogP contribution in [-0.2, 0) is 4.79 Å². The summed E-state index contributed by atoms with van der Waals surface area (Å²) in [6, 6.07) is 0. The minimum atomic E-state index is 0.839. The molecule has 0 unspecified atom stereocenters. The Bertz CT molecular complexity index is 352. The second kappa shape index (κ2) is 10.0. The van der Waals surface area contributed by atoms with Gasteiger partial charge in [-0.05, 0) is 94.0 Å². The molecular formula is C21H34O. The first-order valence-electron chi connectivity index (χ1n) is 9.60. The molecule has 0 amide bonds. The Balaban J connectivity index is 1.61. The van der Waals surface area contributed by atoms with Crippen LogP contribution < -0.4 is 0 Å². The minimum Gasteiger partial charge on any atom is -0.299 e. The van der Waals surface area contributed by atoms with Crippen LogP contribution >= 0.6 is 0 Å². The van der Waals surface area contributed by atoms with Gasteiger partial charge in [0, 0.05) is 0 Å². The first-order chi connectivity index (χ1) is 10.8. The molecule has 2 fully saturated rings. The number of hydrogen-bond acceptors (Lipinski definition) is 1. The van der Waals surface area contributed by atoms with E-state index in [0.717, 1.165) is 36.4 Å². The van der Waals surface area contributed by atoms with Crippen molar-refractivity contribution in [3.05, 3.63) is 24.3 Å². The third-order valence-corrected chi connectivity index (χ3v) is 5.97. The second-order valence-corrected chi connectivity index (χ2v) is 7.50. The van der Waals surface area contributed by atoms with Crippen LogP contribution in [0.1, 0.15) is 77.6 Å². The lowest BCUT2D eigenvalue weighted by atomic mass is 9.78. The summed E-state index contributed by atoms with van der Waals surface area (Å²) in [5, 5.41) is 0. The van der Waals surface area contributed by atoms with E-state index in [1.165, 1.54) is 64.2 Å². The van der Waals surface area contributed by atoms with Gasteiger partial charge in [0.15, 0.2) is 0 Å². The summed E-state index contributed by atoms with van der Waals surface area (Å²) in [6.45, 7) is 2.34. The number of carbonyl (C=O) groups excluding carboxylic acids is 1. The summed E-state index contributed by atoms with van der Waals surface area (Å²) in [4.78, 5) is 10.2. The second-order valence-electron chi connectivity index (χ2n) is 7.50. The van der Waals surface area contributed by atoms with Crippen molar-refractivity contribution in [3.63, 3.8) is 0 Å². The summed E-state index contributed by atoms with van der Waals surface area (Å²) in [5.41, 5.74) is 0. The Morgan fingerprint density at radius 3 is 1.86 bits per heavy atom. The molecule has 1 heteroatoms. The van der Waals surface area contributed by atoms with Crippen molar-refractivity contribution in [1.82, 2.24) is 0 Å². The third-order valence-electron chi connectivity index (χ3n) is 5.97. The fourth-order valence-electron chi connectivity index (χ4n) is 4.26. The van der Waals surface area contributed by atoms with Crippen molar-refractivity contribution < 1.29 is 4.79 Å². The molecule has 0 aromatic rings. The Morgan fingerprint density at radius 1 is 0.818 bits per heavy atom. The normalized spacial score (nSPS) is 33.5. The zero-order valence-electron chi connectivity index (χ0n) is 14.4. The van der Waals surface area contributed by atoms with Crippen LogP contribution in [0.3, 0.4) is 0 Å². The number of hydrogen-bond donors (Lipinski definition) is 0. The van der Waals surface area contributed by atoms with Gasteiger partial charge in [-0.1, -0.05) is 31.6 Å². The van der Waals surface area contributed by atoms with Crippen molar-refractivity contribution in [2.24, 2.45) is 23.7 Å². The molecule has 0 heterocycles. The van der Waals surface area contributed by atoms with E-state index in [-0.39, 0.29) is 0 Å². The van der Waals surface area contributed by atoms with Crippen molar-refractivity contribution in [2.75, 3.05) is 0 Å². The lowest BCUT2D eigenvalue weighted by Crippen LogP contribution is -2.14. The van der Waals surface area contributed by atoms with Gasteiger partial charge in [-0.15, -0.1) is 0 Å². The van der Waals surface area contributed by atoms with Crippen LogP contribution in [0.25, 0.3) is 0 Å². The van der Waals surface area contributed by atoms with Crippen LogP contribution in [0.5, 0.6) is 0 Å². The smallest absolute Gasteiger partial charge is 0.142 e. The highest BCUT2D eigenvalue weighted by Gasteiger charge is 2.21. The Morgan fingerprint density at radius 2 is 1.36 bits per heavy atom. The van der Waals surface area contributed by atoms with Gasteiger partial charge in [-0.25, -0.2) is 0 Å². The molecule has 124 valence electrons. The highest BCUT2D eigenvalue weighted by Crippen LogP contribution is 2.35. The van der Waals surface area contributed by atoms with Crippen molar-refractivity contribution >= 4 is 6.29 Å². The summed E-state index contributed by atoms with van der Waals surface area (Å²) < 4.78 is 0. The van der Waals surface area contributed by atoms with Gasteiger partial charge in [0.1, 0.15) is 6.29 Å². The molecule has 2 saturated carbocycles. The fraction of sp³-hybridized carbons (Fsp3) is 0.762. The lowest BCUT2D eigenvalue weighted by Gasteiger charge is -2.28. The van der Waals surface area contributed by atoms with E-state index in [2.05, 4.69) is 19.1 Å². The van der Waals surface area contributed by atoms with Crippen molar-refractivity contribution in [1.29, 1.82) is 0 Å². The van der Waals surface area contributed by atoms with Crippen molar-refractivity contribution in [2.45, 2.75) is 77.6 Å². The van der Waals surface area contributed by atoms with E-state index in [1.54, 1.807) is 6.08 Å². The summed E-state index contributed by atoms with van der Waals surface area (Å²) >= 11 is 0. The van der Waals surface area contributed by atoms with Crippen LogP contribution in [0, 0.1) is 23.7 Å². The van der Waals surface area contributed by atoms with Crippen LogP contribution in [0.4, 0.5) is 0 Å². The van der Waals surface area contributed by atoms with Gasteiger partial charge in [0.25, 0.3) is 0 Å². The van der Waals surface area contributed by atoms with Crippen molar-refractivity contribution in [3.8, 4) is 0 Å². The maximum Gasteiger partial charge on any atom is 0.142 e. The molecular weight excluding hydrogens is 268 g/mol. The van der Waals surface area contributed by atoms with E-state index in [9.17, 15) is 4.79 Å². The molecule has 0 radical (unpaired) electrons. The van der Waals surface area contributed by atoms with Gasteiger partial charge in [0.2, 0.25) is 0 Å². The SMILES string of the molecule is CC[C@H]1CC[C@H](/C=C/C2CCC(CCC=CC=O)CC2)CC1. The average Bonchev–Trinajstić information content (AvgIpc) is 2.58. The van der Waals surface area contributed by atoms with Crippen LogP contribution in [0.15, 0.2) is 24.3 Å². The molecule has 22 heavy (non-hydrogen) atoms. The molecule has 2 aliphatic rings. The third kappa shape index (κ3) is 6.10. The van der Waals surface area contributed by atoms with E-state index in [0.29, 0.717) is 0 Å². The molecule has 2 aliphatic carbocycles. The van der Waals surface area contributed by atoms with Gasteiger partial charge in [-0.3, -0.25) is 4.79 Å². The highest BCUT2D eigenvalue weighted by molar-refractivity contribution is 5.64. The Kier molecular flexibility index (Phi) is 7.98. The Labute approximate surface area is 137 Å². The van der Waals surface area contributed by atoms with Gasteiger partial charge in [-0.2, -0.15) is 0 Å². The summed E-state index contributed by atoms with van der Waals surface area (Å²) in [5.74, 6) is 3.61. The topological polar surface area (TPSA) is 17.1 Å². The average molecular weight is 303 g/mol. The van der Waals surface area contributed by atoms with Crippen LogP contribution in [-0.4, -0.2) is 6.29 Å². The molecule has 0 aromatic heterocycles. The molecule has 0 spiro atoms. The summed E-state index contributed by atoms with van der Waals surface area (Å²) in [6.07, 6.45) is 24.6. The van der Waals surface area contributed by atoms with E-state index < -0.39 is 0 Å². The largest absolute Gasteiger partial charge is 0.299 e. The highest BCUT2D eigenvalue weighted by atomic mass is 16.1. The molecule has 0 N–H and O–H groups in total. The maximum atomic E-state index is 10.2. The minimum absolute atomic E-state index is 0.839. The molecule has 0 saturated heterocycles. The van der Waals surface area contributed by atoms with Gasteiger partial charge in [0.05, 0.1) is 0 Å². The zero-order chi connectivity index (χ0) is 15.6. The van der Waals surface area contributed by atoms with Crippen LogP contribution in [0.2, 0.25) is 0 Å². The number of rotatable bonds is 7.